The number of carboxylic acid groups (broad SMARTS) is 1. The molecule has 1 aliphatic carbocycles. The van der Waals surface area contributed by atoms with Gasteiger partial charge in [-0.3, -0.25) is 4.79 Å². The zero-order chi connectivity index (χ0) is 14.3. The summed E-state index contributed by atoms with van der Waals surface area (Å²) >= 11 is 1.24. The molecule has 0 radical (unpaired) electrons. The number of carbonyl (C=O) groups is 2. The standard InChI is InChI=1S/C15H15NO3S/c1-2-15(5-6-15)14(19)16-10-3-4-11-9(7-10)8-12(20-11)13(17)18/h3-4,7-8H,2,5-6H2,1H3,(H,16,19)(H,17,18). The first-order chi connectivity index (χ1) is 9.54. The molecule has 5 heteroatoms. The Kier molecular flexibility index (Phi) is 3.01. The first kappa shape index (κ1) is 13.1. The predicted octanol–water partition coefficient (Wildman–Crippen LogP) is 3.73. The van der Waals surface area contributed by atoms with Gasteiger partial charge in [0.25, 0.3) is 0 Å². The van der Waals surface area contributed by atoms with E-state index in [1.165, 1.54) is 11.3 Å². The van der Waals surface area contributed by atoms with E-state index in [0.29, 0.717) is 4.88 Å². The number of nitrogens with one attached hydrogen (secondary N) is 1. The molecule has 20 heavy (non-hydrogen) atoms. The van der Waals surface area contributed by atoms with Crippen LogP contribution in [0.2, 0.25) is 0 Å². The summed E-state index contributed by atoms with van der Waals surface area (Å²) in [6, 6.07) is 7.16. The minimum absolute atomic E-state index is 0.0769. The number of anilines is 1. The van der Waals surface area contributed by atoms with Crippen molar-refractivity contribution in [3.05, 3.63) is 29.1 Å². The molecule has 2 aromatic rings. The molecule has 0 bridgehead atoms. The Labute approximate surface area is 120 Å². The maximum Gasteiger partial charge on any atom is 0.345 e. The van der Waals surface area contributed by atoms with Gasteiger partial charge in [0.15, 0.2) is 0 Å². The van der Waals surface area contributed by atoms with Gasteiger partial charge < -0.3 is 10.4 Å². The molecule has 0 unspecified atom stereocenters. The van der Waals surface area contributed by atoms with Crippen LogP contribution >= 0.6 is 11.3 Å². The number of amides is 1. The lowest BCUT2D eigenvalue weighted by Crippen LogP contribution is -2.23. The third kappa shape index (κ3) is 2.18. The SMILES string of the molecule is CCC1(C(=O)Nc2ccc3sc(C(=O)O)cc3c2)CC1. The Bertz CT molecular complexity index is 700. The lowest BCUT2D eigenvalue weighted by atomic mass is 10.0. The molecule has 1 fully saturated rings. The Balaban J connectivity index is 1.85. The number of carboxylic acids is 1. The fourth-order valence-corrected chi connectivity index (χ4v) is 3.26. The van der Waals surface area contributed by atoms with Crippen LogP contribution < -0.4 is 5.32 Å². The van der Waals surface area contributed by atoms with Gasteiger partial charge in [-0.25, -0.2) is 4.79 Å². The van der Waals surface area contributed by atoms with Gasteiger partial charge in [-0.1, -0.05) is 6.92 Å². The molecular formula is C15H15NO3S. The number of hydrogen-bond acceptors (Lipinski definition) is 3. The van der Waals surface area contributed by atoms with Crippen molar-refractivity contribution < 1.29 is 14.7 Å². The highest BCUT2D eigenvalue weighted by Crippen LogP contribution is 2.49. The molecule has 1 aromatic carbocycles. The molecule has 0 saturated heterocycles. The van der Waals surface area contributed by atoms with Crippen LogP contribution in [0.4, 0.5) is 5.69 Å². The first-order valence-electron chi connectivity index (χ1n) is 6.62. The average Bonchev–Trinajstić information content (AvgIpc) is 3.11. The largest absolute Gasteiger partial charge is 0.477 e. The smallest absolute Gasteiger partial charge is 0.345 e. The highest BCUT2D eigenvalue weighted by Gasteiger charge is 2.47. The number of benzene rings is 1. The van der Waals surface area contributed by atoms with Gasteiger partial charge in [0.05, 0.1) is 0 Å². The first-order valence-corrected chi connectivity index (χ1v) is 7.44. The van der Waals surface area contributed by atoms with Crippen LogP contribution in [-0.4, -0.2) is 17.0 Å². The molecule has 0 atom stereocenters. The van der Waals surface area contributed by atoms with Gasteiger partial charge in [0.1, 0.15) is 4.88 Å². The van der Waals surface area contributed by atoms with Crippen LogP contribution in [0.15, 0.2) is 24.3 Å². The van der Waals surface area contributed by atoms with E-state index in [1.807, 2.05) is 25.1 Å². The highest BCUT2D eigenvalue weighted by molar-refractivity contribution is 7.20. The molecule has 1 saturated carbocycles. The zero-order valence-electron chi connectivity index (χ0n) is 11.1. The Morgan fingerprint density at radius 3 is 2.70 bits per heavy atom. The summed E-state index contributed by atoms with van der Waals surface area (Å²) in [6.45, 7) is 2.04. The minimum Gasteiger partial charge on any atom is -0.477 e. The Morgan fingerprint density at radius 1 is 1.35 bits per heavy atom. The van der Waals surface area contributed by atoms with E-state index in [2.05, 4.69) is 5.32 Å². The number of thiophene rings is 1. The van der Waals surface area contributed by atoms with Crippen molar-refractivity contribution in [2.75, 3.05) is 5.32 Å². The van der Waals surface area contributed by atoms with E-state index in [-0.39, 0.29) is 11.3 Å². The summed E-state index contributed by atoms with van der Waals surface area (Å²) in [7, 11) is 0. The minimum atomic E-state index is -0.917. The number of aromatic carboxylic acids is 1. The molecule has 1 aromatic heterocycles. The molecule has 4 nitrogen and oxygen atoms in total. The van der Waals surface area contributed by atoms with Crippen LogP contribution in [0.5, 0.6) is 0 Å². The molecule has 1 amide bonds. The number of rotatable bonds is 4. The van der Waals surface area contributed by atoms with Crippen LogP contribution in [0.1, 0.15) is 35.9 Å². The second-order valence-electron chi connectivity index (χ2n) is 5.26. The summed E-state index contributed by atoms with van der Waals surface area (Å²) in [4.78, 5) is 23.4. The summed E-state index contributed by atoms with van der Waals surface area (Å²) in [5, 5.41) is 12.8. The summed E-state index contributed by atoms with van der Waals surface area (Å²) < 4.78 is 0.914. The predicted molar refractivity (Wildman–Crippen MR) is 79.4 cm³/mol. The van der Waals surface area contributed by atoms with E-state index in [9.17, 15) is 9.59 Å². The molecule has 104 valence electrons. The fraction of sp³-hybridized carbons (Fsp3) is 0.333. The average molecular weight is 289 g/mol. The number of carbonyl (C=O) groups excluding carboxylic acids is 1. The van der Waals surface area contributed by atoms with Gasteiger partial charge in [-0.15, -0.1) is 11.3 Å². The second kappa shape index (κ2) is 4.59. The normalized spacial score (nSPS) is 16.1. The summed E-state index contributed by atoms with van der Waals surface area (Å²) in [5.74, 6) is -0.840. The van der Waals surface area contributed by atoms with Crippen molar-refractivity contribution in [3.8, 4) is 0 Å². The van der Waals surface area contributed by atoms with Crippen LogP contribution in [-0.2, 0) is 4.79 Å². The Hall–Kier alpha value is -1.88. The number of hydrogen-bond donors (Lipinski definition) is 2. The van der Waals surface area contributed by atoms with Gasteiger partial charge in [-0.05, 0) is 48.9 Å². The third-order valence-corrected chi connectivity index (χ3v) is 5.10. The van der Waals surface area contributed by atoms with Crippen molar-refractivity contribution in [2.24, 2.45) is 5.41 Å². The maximum absolute atomic E-state index is 12.2. The summed E-state index contributed by atoms with van der Waals surface area (Å²) in [6.07, 6.45) is 2.78. The Morgan fingerprint density at radius 2 is 2.10 bits per heavy atom. The van der Waals surface area contributed by atoms with E-state index in [0.717, 1.165) is 35.0 Å². The molecule has 0 spiro atoms. The lowest BCUT2D eigenvalue weighted by molar-refractivity contribution is -0.121. The van der Waals surface area contributed by atoms with E-state index in [1.54, 1.807) is 6.07 Å². The van der Waals surface area contributed by atoms with Gasteiger partial charge in [0, 0.05) is 15.8 Å². The third-order valence-electron chi connectivity index (χ3n) is 4.00. The zero-order valence-corrected chi connectivity index (χ0v) is 11.9. The van der Waals surface area contributed by atoms with Gasteiger partial charge in [-0.2, -0.15) is 0 Å². The van der Waals surface area contributed by atoms with Crippen LogP contribution in [0.3, 0.4) is 0 Å². The molecule has 1 aliphatic rings. The molecule has 0 aliphatic heterocycles. The topological polar surface area (TPSA) is 66.4 Å². The molecular weight excluding hydrogens is 274 g/mol. The van der Waals surface area contributed by atoms with Gasteiger partial charge >= 0.3 is 5.97 Å². The summed E-state index contributed by atoms with van der Waals surface area (Å²) in [5.41, 5.74) is 0.562. The lowest BCUT2D eigenvalue weighted by Gasteiger charge is -2.12. The number of fused-ring (bicyclic) bond motifs is 1. The van der Waals surface area contributed by atoms with Crippen molar-refractivity contribution in [3.63, 3.8) is 0 Å². The van der Waals surface area contributed by atoms with E-state index in [4.69, 9.17) is 5.11 Å². The molecule has 2 N–H and O–H groups in total. The van der Waals surface area contributed by atoms with Crippen molar-refractivity contribution >= 4 is 39.0 Å². The monoisotopic (exact) mass is 289 g/mol. The molecule has 1 heterocycles. The quantitative estimate of drug-likeness (QED) is 0.901. The van der Waals surface area contributed by atoms with Crippen molar-refractivity contribution in [2.45, 2.75) is 26.2 Å². The van der Waals surface area contributed by atoms with Crippen LogP contribution in [0.25, 0.3) is 10.1 Å². The molecule has 3 rings (SSSR count). The highest BCUT2D eigenvalue weighted by atomic mass is 32.1. The van der Waals surface area contributed by atoms with E-state index >= 15 is 0 Å². The second-order valence-corrected chi connectivity index (χ2v) is 6.34. The maximum atomic E-state index is 12.2. The fourth-order valence-electron chi connectivity index (χ4n) is 2.38. The van der Waals surface area contributed by atoms with Gasteiger partial charge in [0.2, 0.25) is 5.91 Å². The van der Waals surface area contributed by atoms with Crippen molar-refractivity contribution in [1.82, 2.24) is 0 Å². The van der Waals surface area contributed by atoms with Crippen LogP contribution in [0, 0.1) is 5.41 Å². The van der Waals surface area contributed by atoms with Crippen molar-refractivity contribution in [1.29, 1.82) is 0 Å². The van der Waals surface area contributed by atoms with E-state index < -0.39 is 5.97 Å².